The molecule has 1 amide bonds. The zero-order valence-corrected chi connectivity index (χ0v) is 20.6. The summed E-state index contributed by atoms with van der Waals surface area (Å²) in [7, 11) is 3.32. The molecule has 10 nitrogen and oxygen atoms in total. The summed E-state index contributed by atoms with van der Waals surface area (Å²) < 4.78 is 10.8. The Kier molecular flexibility index (Phi) is 11.7. The van der Waals surface area contributed by atoms with Crippen molar-refractivity contribution in [2.45, 2.75) is 25.9 Å². The Bertz CT molecular complexity index is 979. The predicted octanol–water partition coefficient (Wildman–Crippen LogP) is 2.09. The van der Waals surface area contributed by atoms with E-state index in [1.165, 1.54) is 0 Å². The van der Waals surface area contributed by atoms with Crippen molar-refractivity contribution >= 4 is 17.8 Å². The predicted molar refractivity (Wildman–Crippen MR) is 132 cm³/mol. The Hall–Kier alpha value is -3.63. The molecule has 1 heterocycles. The van der Waals surface area contributed by atoms with E-state index in [2.05, 4.69) is 4.90 Å². The van der Waals surface area contributed by atoms with E-state index >= 15 is 0 Å². The van der Waals surface area contributed by atoms with Crippen LogP contribution in [0, 0.1) is 5.92 Å². The SMILES string of the molecule is COc1ccc(CN2CCC(C(=O)N(CCO)Cc3ccccc3)CC2)c(OC)c1.O=C(O)C(=O)O. The van der Waals surface area contributed by atoms with Crippen molar-refractivity contribution in [3.63, 3.8) is 0 Å². The van der Waals surface area contributed by atoms with Gasteiger partial charge in [0.05, 0.1) is 20.8 Å². The summed E-state index contributed by atoms with van der Waals surface area (Å²) in [5.74, 6) is -1.89. The van der Waals surface area contributed by atoms with Crippen LogP contribution >= 0.6 is 0 Å². The molecule has 1 fully saturated rings. The molecule has 0 aromatic heterocycles. The molecule has 3 N–H and O–H groups in total. The molecule has 0 spiro atoms. The summed E-state index contributed by atoms with van der Waals surface area (Å²) in [6, 6.07) is 15.8. The summed E-state index contributed by atoms with van der Waals surface area (Å²) in [4.78, 5) is 35.4. The van der Waals surface area contributed by atoms with Gasteiger partial charge in [-0.2, -0.15) is 0 Å². The second-order valence-corrected chi connectivity index (χ2v) is 8.31. The summed E-state index contributed by atoms with van der Waals surface area (Å²) in [5, 5.41) is 24.2. The van der Waals surface area contributed by atoms with Crippen LogP contribution < -0.4 is 9.47 Å². The first kappa shape index (κ1) is 28.6. The standard InChI is InChI=1S/C24H32N2O4.C2H2O4/c1-29-22-9-8-21(23(16-22)30-2)18-25-12-10-20(11-13-25)24(28)26(14-15-27)17-19-6-4-3-5-7-19;3-1(4)2(5)6/h3-9,16,20,27H,10-15,17-18H2,1-2H3;(H,3,4)(H,5,6). The number of carboxylic acids is 2. The molecule has 0 atom stereocenters. The monoisotopic (exact) mass is 502 g/mol. The van der Waals surface area contributed by atoms with Crippen molar-refractivity contribution in [3.05, 3.63) is 59.7 Å². The van der Waals surface area contributed by atoms with Crippen LogP contribution in [0.5, 0.6) is 11.5 Å². The van der Waals surface area contributed by atoms with Crippen LogP contribution in [0.25, 0.3) is 0 Å². The van der Waals surface area contributed by atoms with E-state index in [9.17, 15) is 9.90 Å². The number of nitrogens with zero attached hydrogens (tertiary/aromatic N) is 2. The number of carboxylic acid groups (broad SMARTS) is 2. The Morgan fingerprint density at radius 2 is 1.61 bits per heavy atom. The molecule has 2 aromatic carbocycles. The minimum atomic E-state index is -1.82. The normalized spacial score (nSPS) is 13.8. The summed E-state index contributed by atoms with van der Waals surface area (Å²) in [5.41, 5.74) is 2.21. The van der Waals surface area contributed by atoms with Gasteiger partial charge in [0, 0.05) is 37.2 Å². The molecule has 1 aliphatic heterocycles. The van der Waals surface area contributed by atoms with Crippen molar-refractivity contribution in [2.24, 2.45) is 5.92 Å². The lowest BCUT2D eigenvalue weighted by molar-refractivity contribution is -0.159. The van der Waals surface area contributed by atoms with Gasteiger partial charge >= 0.3 is 11.9 Å². The maximum atomic E-state index is 13.1. The lowest BCUT2D eigenvalue weighted by atomic mass is 9.94. The van der Waals surface area contributed by atoms with Gasteiger partial charge in [-0.1, -0.05) is 36.4 Å². The maximum absolute atomic E-state index is 13.1. The third kappa shape index (κ3) is 8.86. The molecule has 196 valence electrons. The van der Waals surface area contributed by atoms with Gasteiger partial charge in [0.15, 0.2) is 0 Å². The number of likely N-dealkylation sites (tertiary alicyclic amines) is 1. The molecule has 2 aromatic rings. The molecule has 36 heavy (non-hydrogen) atoms. The van der Waals surface area contributed by atoms with E-state index in [1.807, 2.05) is 48.5 Å². The lowest BCUT2D eigenvalue weighted by Crippen LogP contribution is -2.43. The third-order valence-corrected chi connectivity index (χ3v) is 5.91. The van der Waals surface area contributed by atoms with E-state index in [0.717, 1.165) is 55.1 Å². The van der Waals surface area contributed by atoms with Gasteiger partial charge in [0.1, 0.15) is 11.5 Å². The van der Waals surface area contributed by atoms with Crippen LogP contribution in [0.2, 0.25) is 0 Å². The van der Waals surface area contributed by atoms with E-state index in [0.29, 0.717) is 13.1 Å². The van der Waals surface area contributed by atoms with Gasteiger partial charge < -0.3 is 29.7 Å². The number of amides is 1. The third-order valence-electron chi connectivity index (χ3n) is 5.91. The van der Waals surface area contributed by atoms with Crippen LogP contribution in [0.3, 0.4) is 0 Å². The topological polar surface area (TPSA) is 137 Å². The Morgan fingerprint density at radius 3 is 2.14 bits per heavy atom. The van der Waals surface area contributed by atoms with Crippen LogP contribution in [-0.4, -0.2) is 83.4 Å². The zero-order chi connectivity index (χ0) is 26.5. The van der Waals surface area contributed by atoms with Crippen LogP contribution in [0.4, 0.5) is 0 Å². The number of aliphatic hydroxyl groups excluding tert-OH is 1. The van der Waals surface area contributed by atoms with Crippen LogP contribution in [0.15, 0.2) is 48.5 Å². The number of carbonyl (C=O) groups excluding carboxylic acids is 1. The van der Waals surface area contributed by atoms with Crippen molar-refractivity contribution in [1.82, 2.24) is 9.80 Å². The quantitative estimate of drug-likeness (QED) is 0.440. The van der Waals surface area contributed by atoms with E-state index < -0.39 is 11.9 Å². The molecule has 0 aliphatic carbocycles. The number of hydrogen-bond acceptors (Lipinski definition) is 7. The number of carbonyl (C=O) groups is 3. The van der Waals surface area contributed by atoms with E-state index in [4.69, 9.17) is 29.3 Å². The lowest BCUT2D eigenvalue weighted by Gasteiger charge is -2.34. The molecule has 1 saturated heterocycles. The van der Waals surface area contributed by atoms with Crippen LogP contribution in [-0.2, 0) is 27.5 Å². The number of methoxy groups -OCH3 is 2. The molecular formula is C26H34N2O8. The first-order valence-corrected chi connectivity index (χ1v) is 11.6. The van der Waals surface area contributed by atoms with Crippen molar-refractivity contribution in [3.8, 4) is 11.5 Å². The second-order valence-electron chi connectivity index (χ2n) is 8.31. The molecule has 3 rings (SSSR count). The smallest absolute Gasteiger partial charge is 0.414 e. The number of aliphatic carboxylic acids is 2. The van der Waals surface area contributed by atoms with Crippen molar-refractivity contribution in [2.75, 3.05) is 40.5 Å². The van der Waals surface area contributed by atoms with Crippen molar-refractivity contribution in [1.29, 1.82) is 0 Å². The first-order chi connectivity index (χ1) is 17.3. The molecule has 0 unspecified atom stereocenters. The Balaban J connectivity index is 0.000000678. The Labute approximate surface area is 210 Å². The van der Waals surface area contributed by atoms with Crippen molar-refractivity contribution < 1.29 is 39.2 Å². The van der Waals surface area contributed by atoms with Gasteiger partial charge in [0.25, 0.3) is 0 Å². The van der Waals surface area contributed by atoms with E-state index in [1.54, 1.807) is 19.1 Å². The summed E-state index contributed by atoms with van der Waals surface area (Å²) >= 11 is 0. The highest BCUT2D eigenvalue weighted by Gasteiger charge is 2.29. The fraction of sp³-hybridized carbons (Fsp3) is 0.423. The minimum Gasteiger partial charge on any atom is -0.497 e. The number of piperidine rings is 1. The second kappa shape index (κ2) is 14.7. The number of benzene rings is 2. The zero-order valence-electron chi connectivity index (χ0n) is 20.6. The highest BCUT2D eigenvalue weighted by molar-refractivity contribution is 6.27. The first-order valence-electron chi connectivity index (χ1n) is 11.6. The average Bonchev–Trinajstić information content (AvgIpc) is 2.89. The molecular weight excluding hydrogens is 468 g/mol. The largest absolute Gasteiger partial charge is 0.497 e. The minimum absolute atomic E-state index is 0.00859. The highest BCUT2D eigenvalue weighted by Crippen LogP contribution is 2.28. The molecule has 10 heteroatoms. The van der Waals surface area contributed by atoms with E-state index in [-0.39, 0.29) is 18.4 Å². The van der Waals surface area contributed by atoms with Gasteiger partial charge in [-0.25, -0.2) is 9.59 Å². The number of aliphatic hydroxyl groups is 1. The molecule has 0 radical (unpaired) electrons. The maximum Gasteiger partial charge on any atom is 0.414 e. The van der Waals surface area contributed by atoms with Gasteiger partial charge in [0.2, 0.25) is 5.91 Å². The van der Waals surface area contributed by atoms with Crippen LogP contribution in [0.1, 0.15) is 24.0 Å². The van der Waals surface area contributed by atoms with Gasteiger partial charge in [-0.3, -0.25) is 9.69 Å². The Morgan fingerprint density at radius 1 is 0.972 bits per heavy atom. The number of ether oxygens (including phenoxy) is 2. The number of rotatable bonds is 9. The summed E-state index contributed by atoms with van der Waals surface area (Å²) in [6.45, 7) is 3.42. The molecule has 0 bridgehead atoms. The fourth-order valence-electron chi connectivity index (χ4n) is 4.01. The molecule has 0 saturated carbocycles. The molecule has 1 aliphatic rings. The highest BCUT2D eigenvalue weighted by atomic mass is 16.5. The number of hydrogen-bond donors (Lipinski definition) is 3. The average molecular weight is 503 g/mol. The summed E-state index contributed by atoms with van der Waals surface area (Å²) in [6.07, 6.45) is 1.65. The van der Waals surface area contributed by atoms with Gasteiger partial charge in [-0.15, -0.1) is 0 Å². The fourth-order valence-corrected chi connectivity index (χ4v) is 4.01. The van der Waals surface area contributed by atoms with Gasteiger partial charge in [-0.05, 0) is 37.6 Å².